The van der Waals surface area contributed by atoms with Crippen molar-refractivity contribution in [2.75, 3.05) is 7.05 Å². The second-order valence-electron chi connectivity index (χ2n) is 4.24. The van der Waals surface area contributed by atoms with Gasteiger partial charge in [-0.2, -0.15) is 0 Å². The maximum absolute atomic E-state index is 13.1. The highest BCUT2D eigenvalue weighted by molar-refractivity contribution is 7.85. The largest absolute Gasteiger partial charge is 0.316 e. The summed E-state index contributed by atoms with van der Waals surface area (Å²) >= 11 is 0. The molecule has 5 heteroatoms. The lowest BCUT2D eigenvalue weighted by atomic mass is 10.2. The first kappa shape index (κ1) is 12.6. The van der Waals surface area contributed by atoms with Gasteiger partial charge < -0.3 is 5.32 Å². The highest BCUT2D eigenvalue weighted by Crippen LogP contribution is 2.27. The average molecular weight is 259 g/mol. The third-order valence-electron chi connectivity index (χ3n) is 3.22. The van der Waals surface area contributed by atoms with Crippen molar-refractivity contribution in [2.24, 2.45) is 0 Å². The Hall–Kier alpha value is -0.810. The Labute approximate surface area is 102 Å². The highest BCUT2D eigenvalue weighted by Gasteiger charge is 2.31. The van der Waals surface area contributed by atoms with Gasteiger partial charge in [-0.3, -0.25) is 4.21 Å². The Kier molecular flexibility index (Phi) is 3.89. The van der Waals surface area contributed by atoms with Crippen molar-refractivity contribution in [3.8, 4) is 0 Å². The van der Waals surface area contributed by atoms with Crippen LogP contribution in [-0.4, -0.2) is 22.5 Å². The van der Waals surface area contributed by atoms with Crippen LogP contribution in [0.15, 0.2) is 23.1 Å². The fraction of sp³-hybridized carbons (Fsp3) is 0.500. The SMILES string of the molecule is CNC1CCCC1S(=O)c1ccc(F)c(F)c1. The van der Waals surface area contributed by atoms with Gasteiger partial charge in [0, 0.05) is 10.9 Å². The number of benzene rings is 1. The monoisotopic (exact) mass is 259 g/mol. The van der Waals surface area contributed by atoms with Crippen LogP contribution in [0.3, 0.4) is 0 Å². The zero-order chi connectivity index (χ0) is 12.4. The Morgan fingerprint density at radius 3 is 2.71 bits per heavy atom. The maximum atomic E-state index is 13.1. The molecule has 94 valence electrons. The van der Waals surface area contributed by atoms with Crippen LogP contribution in [0.25, 0.3) is 0 Å². The molecule has 2 nitrogen and oxygen atoms in total. The molecule has 1 N–H and O–H groups in total. The standard InChI is InChI=1S/C12H15F2NOS/c1-15-11-3-2-4-12(11)17(16)8-5-6-9(13)10(14)7-8/h5-7,11-12,15H,2-4H2,1H3. The third-order valence-corrected chi connectivity index (χ3v) is 5.05. The summed E-state index contributed by atoms with van der Waals surface area (Å²) in [6.45, 7) is 0. The van der Waals surface area contributed by atoms with Gasteiger partial charge in [0.15, 0.2) is 11.6 Å². The van der Waals surface area contributed by atoms with Gasteiger partial charge in [-0.15, -0.1) is 0 Å². The van der Waals surface area contributed by atoms with Gasteiger partial charge in [-0.1, -0.05) is 6.42 Å². The minimum Gasteiger partial charge on any atom is -0.316 e. The summed E-state index contributed by atoms with van der Waals surface area (Å²) in [5.41, 5.74) is 0. The fourth-order valence-corrected chi connectivity index (χ4v) is 4.01. The van der Waals surface area contributed by atoms with E-state index in [1.165, 1.54) is 6.07 Å². The van der Waals surface area contributed by atoms with Crippen molar-refractivity contribution in [2.45, 2.75) is 35.4 Å². The number of rotatable bonds is 3. The van der Waals surface area contributed by atoms with E-state index in [0.29, 0.717) is 4.90 Å². The lowest BCUT2D eigenvalue weighted by Gasteiger charge is -2.18. The van der Waals surface area contributed by atoms with E-state index < -0.39 is 22.4 Å². The van der Waals surface area contributed by atoms with Gasteiger partial charge >= 0.3 is 0 Å². The van der Waals surface area contributed by atoms with Crippen LogP contribution in [0.4, 0.5) is 8.78 Å². The molecule has 0 spiro atoms. The van der Waals surface area contributed by atoms with Gasteiger partial charge in [-0.05, 0) is 38.1 Å². The van der Waals surface area contributed by atoms with E-state index in [1.807, 2.05) is 7.05 Å². The van der Waals surface area contributed by atoms with Crippen molar-refractivity contribution >= 4 is 10.8 Å². The van der Waals surface area contributed by atoms with E-state index in [2.05, 4.69) is 5.32 Å². The van der Waals surface area contributed by atoms with Gasteiger partial charge in [0.2, 0.25) is 0 Å². The van der Waals surface area contributed by atoms with Crippen LogP contribution in [0, 0.1) is 11.6 Å². The molecule has 1 saturated carbocycles. The Balaban J connectivity index is 2.21. The molecule has 3 atom stereocenters. The van der Waals surface area contributed by atoms with Crippen molar-refractivity contribution in [3.63, 3.8) is 0 Å². The van der Waals surface area contributed by atoms with E-state index in [9.17, 15) is 13.0 Å². The van der Waals surface area contributed by atoms with E-state index in [1.54, 1.807) is 0 Å². The molecule has 17 heavy (non-hydrogen) atoms. The molecule has 0 heterocycles. The summed E-state index contributed by atoms with van der Waals surface area (Å²) in [6, 6.07) is 3.67. The Morgan fingerprint density at radius 1 is 1.29 bits per heavy atom. The van der Waals surface area contributed by atoms with E-state index in [-0.39, 0.29) is 11.3 Å². The Morgan fingerprint density at radius 2 is 2.06 bits per heavy atom. The number of hydrogen-bond donors (Lipinski definition) is 1. The van der Waals surface area contributed by atoms with Crippen LogP contribution in [0.1, 0.15) is 19.3 Å². The zero-order valence-electron chi connectivity index (χ0n) is 9.58. The Bertz CT molecular complexity index is 439. The molecule has 2 rings (SSSR count). The van der Waals surface area contributed by atoms with Crippen LogP contribution in [0.5, 0.6) is 0 Å². The number of hydrogen-bond acceptors (Lipinski definition) is 2. The molecule has 0 aromatic heterocycles. The minimum absolute atomic E-state index is 0.00939. The van der Waals surface area contributed by atoms with E-state index >= 15 is 0 Å². The van der Waals surface area contributed by atoms with Crippen molar-refractivity contribution in [3.05, 3.63) is 29.8 Å². The molecule has 0 aliphatic heterocycles. The first-order valence-corrected chi connectivity index (χ1v) is 6.87. The fourth-order valence-electron chi connectivity index (χ4n) is 2.29. The van der Waals surface area contributed by atoms with E-state index in [0.717, 1.165) is 31.4 Å². The zero-order valence-corrected chi connectivity index (χ0v) is 10.4. The van der Waals surface area contributed by atoms with Crippen LogP contribution >= 0.6 is 0 Å². The normalized spacial score (nSPS) is 26.1. The molecule has 0 bridgehead atoms. The molecule has 3 unspecified atom stereocenters. The summed E-state index contributed by atoms with van der Waals surface area (Å²) in [6.07, 6.45) is 2.86. The molecule has 1 fully saturated rings. The van der Waals surface area contributed by atoms with Gasteiger partial charge in [0.1, 0.15) is 0 Å². The number of nitrogens with one attached hydrogen (secondary N) is 1. The van der Waals surface area contributed by atoms with E-state index in [4.69, 9.17) is 0 Å². The molecule has 1 aromatic rings. The molecule has 0 radical (unpaired) electrons. The quantitative estimate of drug-likeness (QED) is 0.901. The van der Waals surface area contributed by atoms with Gasteiger partial charge in [0.05, 0.1) is 16.0 Å². The summed E-state index contributed by atoms with van der Waals surface area (Å²) in [7, 11) is 0.562. The molecular formula is C12H15F2NOS. The third kappa shape index (κ3) is 2.55. The maximum Gasteiger partial charge on any atom is 0.160 e. The van der Waals surface area contributed by atoms with Gasteiger partial charge in [0.25, 0.3) is 0 Å². The summed E-state index contributed by atoms with van der Waals surface area (Å²) in [5, 5.41) is 3.12. The lowest BCUT2D eigenvalue weighted by molar-refractivity contribution is 0.505. The lowest BCUT2D eigenvalue weighted by Crippen LogP contribution is -2.35. The van der Waals surface area contributed by atoms with Crippen molar-refractivity contribution in [1.82, 2.24) is 5.32 Å². The van der Waals surface area contributed by atoms with Crippen molar-refractivity contribution in [1.29, 1.82) is 0 Å². The molecule has 0 saturated heterocycles. The summed E-state index contributed by atoms with van der Waals surface area (Å²) in [4.78, 5) is 0.371. The van der Waals surface area contributed by atoms with Crippen LogP contribution in [0.2, 0.25) is 0 Å². The molecule has 1 aromatic carbocycles. The first-order valence-electron chi connectivity index (χ1n) is 5.66. The number of halogens is 2. The van der Waals surface area contributed by atoms with Crippen molar-refractivity contribution < 1.29 is 13.0 Å². The van der Waals surface area contributed by atoms with Crippen LogP contribution in [-0.2, 0) is 10.8 Å². The summed E-state index contributed by atoms with van der Waals surface area (Å²) in [5.74, 6) is -1.84. The average Bonchev–Trinajstić information content (AvgIpc) is 2.80. The molecule has 0 amide bonds. The minimum atomic E-state index is -1.28. The topological polar surface area (TPSA) is 29.1 Å². The second-order valence-corrected chi connectivity index (χ2v) is 5.91. The predicted octanol–water partition coefficient (Wildman–Crippen LogP) is 2.21. The second kappa shape index (κ2) is 5.23. The smallest absolute Gasteiger partial charge is 0.160 e. The highest BCUT2D eigenvalue weighted by atomic mass is 32.2. The molecular weight excluding hydrogens is 244 g/mol. The molecule has 1 aliphatic rings. The molecule has 1 aliphatic carbocycles. The van der Waals surface area contributed by atoms with Crippen LogP contribution < -0.4 is 5.32 Å². The first-order chi connectivity index (χ1) is 8.13. The summed E-state index contributed by atoms with van der Waals surface area (Å²) < 4.78 is 38.1. The van der Waals surface area contributed by atoms with Gasteiger partial charge in [-0.25, -0.2) is 8.78 Å². The predicted molar refractivity (Wildman–Crippen MR) is 63.3 cm³/mol.